The molecular weight excluding hydrogens is 390 g/mol. The first-order valence-corrected chi connectivity index (χ1v) is 11.7. The van der Waals surface area contributed by atoms with Crippen LogP contribution in [0.25, 0.3) is 0 Å². The molecule has 158 valence electrons. The minimum absolute atomic E-state index is 0.213. The second-order valence-electron chi connectivity index (χ2n) is 7.40. The molecular formula is C21H29N3O4S. The summed E-state index contributed by atoms with van der Waals surface area (Å²) in [6.45, 7) is 4.24. The van der Waals surface area contributed by atoms with Crippen LogP contribution in [0.3, 0.4) is 0 Å². The number of benzene rings is 2. The fourth-order valence-electron chi connectivity index (χ4n) is 3.26. The van der Waals surface area contributed by atoms with E-state index in [0.29, 0.717) is 18.0 Å². The zero-order valence-corrected chi connectivity index (χ0v) is 17.5. The van der Waals surface area contributed by atoms with Crippen LogP contribution in [0.1, 0.15) is 0 Å². The smallest absolute Gasteiger partial charge is 0.119 e. The predicted octanol–water partition coefficient (Wildman–Crippen LogP) is 1.63. The monoisotopic (exact) mass is 419 g/mol. The van der Waals surface area contributed by atoms with Gasteiger partial charge in [0.1, 0.15) is 24.2 Å². The highest BCUT2D eigenvalue weighted by molar-refractivity contribution is 8.00. The lowest BCUT2D eigenvalue weighted by Gasteiger charge is -2.36. The molecule has 8 heteroatoms. The number of piperazine rings is 1. The van der Waals surface area contributed by atoms with E-state index < -0.39 is 15.8 Å². The van der Waals surface area contributed by atoms with Gasteiger partial charge >= 0.3 is 0 Å². The lowest BCUT2D eigenvalue weighted by molar-refractivity contribution is 0.0663. The van der Waals surface area contributed by atoms with Gasteiger partial charge in [0, 0.05) is 60.1 Å². The number of nitrogens with one attached hydrogen (secondary N) is 1. The molecule has 1 saturated heterocycles. The van der Waals surface area contributed by atoms with E-state index in [4.69, 9.17) is 4.74 Å². The maximum Gasteiger partial charge on any atom is 0.119 e. The number of hydrogen-bond acceptors (Lipinski definition) is 6. The highest BCUT2D eigenvalue weighted by Crippen LogP contribution is 2.20. The quantitative estimate of drug-likeness (QED) is 0.564. The first-order chi connectivity index (χ1) is 13.8. The predicted molar refractivity (Wildman–Crippen MR) is 120 cm³/mol. The van der Waals surface area contributed by atoms with Gasteiger partial charge in [0.05, 0.1) is 0 Å². The van der Waals surface area contributed by atoms with Crippen molar-refractivity contribution >= 4 is 27.0 Å². The van der Waals surface area contributed by atoms with Crippen LogP contribution in [0.5, 0.6) is 11.5 Å². The van der Waals surface area contributed by atoms with Crippen LogP contribution in [0.15, 0.2) is 48.5 Å². The first kappa shape index (κ1) is 21.3. The second kappa shape index (κ2) is 9.39. The van der Waals surface area contributed by atoms with Gasteiger partial charge in [0.15, 0.2) is 0 Å². The average Bonchev–Trinajstić information content (AvgIpc) is 2.68. The Morgan fingerprint density at radius 3 is 2.31 bits per heavy atom. The van der Waals surface area contributed by atoms with Gasteiger partial charge in [-0.25, -0.2) is 4.21 Å². The number of aliphatic hydroxyl groups excluding tert-OH is 1. The summed E-state index contributed by atoms with van der Waals surface area (Å²) in [7, 11) is -2.31. The summed E-state index contributed by atoms with van der Waals surface area (Å²) in [5, 5.41) is 19.7. The SMILES string of the molecule is C=S(C)(=O)Nc1ccc(OC[C@@H](O)CN2CCN(c3ccc(O)cc3)CC2)cc1. The first-order valence-electron chi connectivity index (χ1n) is 9.56. The Morgan fingerprint density at radius 1 is 1.10 bits per heavy atom. The molecule has 2 aromatic carbocycles. The Labute approximate surface area is 172 Å². The Bertz CT molecular complexity index is 877. The summed E-state index contributed by atoms with van der Waals surface area (Å²) in [5.74, 6) is 4.49. The van der Waals surface area contributed by atoms with Crippen LogP contribution in [0.2, 0.25) is 0 Å². The molecule has 1 aliphatic rings. The molecule has 0 aromatic heterocycles. The van der Waals surface area contributed by atoms with Crippen molar-refractivity contribution in [3.63, 3.8) is 0 Å². The van der Waals surface area contributed by atoms with Gasteiger partial charge in [0.25, 0.3) is 0 Å². The van der Waals surface area contributed by atoms with Crippen LogP contribution in [-0.2, 0) is 9.71 Å². The third-order valence-corrected chi connectivity index (χ3v) is 5.35. The summed E-state index contributed by atoms with van der Waals surface area (Å²) in [6.07, 6.45) is 0.959. The van der Waals surface area contributed by atoms with Gasteiger partial charge in [0.2, 0.25) is 0 Å². The third kappa shape index (κ3) is 6.85. The summed E-state index contributed by atoms with van der Waals surface area (Å²) >= 11 is 0. The summed E-state index contributed by atoms with van der Waals surface area (Å²) in [4.78, 5) is 4.50. The van der Waals surface area contributed by atoms with Crippen molar-refractivity contribution in [1.29, 1.82) is 0 Å². The van der Waals surface area contributed by atoms with Crippen LogP contribution in [-0.4, -0.2) is 76.9 Å². The normalized spacial score (nSPS) is 18.1. The van der Waals surface area contributed by atoms with Gasteiger partial charge < -0.3 is 24.6 Å². The minimum atomic E-state index is -2.31. The topological polar surface area (TPSA) is 85.3 Å². The molecule has 0 amide bonds. The zero-order valence-electron chi connectivity index (χ0n) is 16.7. The molecule has 1 unspecified atom stereocenters. The molecule has 0 radical (unpaired) electrons. The minimum Gasteiger partial charge on any atom is -0.508 e. The summed E-state index contributed by atoms with van der Waals surface area (Å²) in [6, 6.07) is 14.3. The van der Waals surface area contributed by atoms with Crippen LogP contribution in [0, 0.1) is 0 Å². The number of β-amino-alcohol motifs (C(OH)–C–C–N with tert-alkyl or cyclic N) is 1. The van der Waals surface area contributed by atoms with Crippen molar-refractivity contribution in [3.05, 3.63) is 48.5 Å². The van der Waals surface area contributed by atoms with E-state index in [9.17, 15) is 14.4 Å². The highest BCUT2D eigenvalue weighted by atomic mass is 32.2. The molecule has 0 saturated carbocycles. The molecule has 1 heterocycles. The van der Waals surface area contributed by atoms with Crippen molar-refractivity contribution in [2.24, 2.45) is 0 Å². The number of ether oxygens (including phenoxy) is 1. The summed E-state index contributed by atoms with van der Waals surface area (Å²) < 4.78 is 20.2. The van der Waals surface area contributed by atoms with Crippen molar-refractivity contribution < 1.29 is 19.2 Å². The lowest BCUT2D eigenvalue weighted by atomic mass is 10.2. The van der Waals surface area contributed by atoms with Gasteiger partial charge in [-0.15, -0.1) is 0 Å². The van der Waals surface area contributed by atoms with E-state index in [1.165, 1.54) is 6.26 Å². The fraction of sp³-hybridized carbons (Fsp3) is 0.381. The molecule has 3 rings (SSSR count). The van der Waals surface area contributed by atoms with E-state index in [1.54, 1.807) is 36.4 Å². The van der Waals surface area contributed by atoms with E-state index in [0.717, 1.165) is 31.9 Å². The number of rotatable bonds is 8. The molecule has 29 heavy (non-hydrogen) atoms. The Balaban J connectivity index is 1.40. The van der Waals surface area contributed by atoms with Crippen LogP contribution in [0.4, 0.5) is 11.4 Å². The second-order valence-corrected chi connectivity index (χ2v) is 9.61. The average molecular weight is 420 g/mol. The van der Waals surface area contributed by atoms with Gasteiger partial charge in [-0.05, 0) is 54.4 Å². The van der Waals surface area contributed by atoms with Crippen molar-refractivity contribution in [1.82, 2.24) is 4.90 Å². The maximum atomic E-state index is 11.7. The number of nitrogens with zero attached hydrogens (tertiary/aromatic N) is 2. The number of hydrogen-bond donors (Lipinski definition) is 3. The molecule has 3 N–H and O–H groups in total. The summed E-state index contributed by atoms with van der Waals surface area (Å²) in [5.41, 5.74) is 1.81. The zero-order chi connectivity index (χ0) is 20.9. The molecule has 0 aliphatic carbocycles. The fourth-order valence-corrected chi connectivity index (χ4v) is 3.90. The molecule has 1 fully saturated rings. The number of phenols is 1. The largest absolute Gasteiger partial charge is 0.508 e. The van der Waals surface area contributed by atoms with E-state index >= 15 is 0 Å². The lowest BCUT2D eigenvalue weighted by Crippen LogP contribution is -2.49. The van der Waals surface area contributed by atoms with Gasteiger partial charge in [-0.2, -0.15) is 0 Å². The number of aromatic hydroxyl groups is 1. The van der Waals surface area contributed by atoms with Gasteiger partial charge in [-0.3, -0.25) is 4.90 Å². The number of phenolic OH excluding ortho intramolecular Hbond substituents is 1. The van der Waals surface area contributed by atoms with Crippen molar-refractivity contribution in [2.45, 2.75) is 6.10 Å². The molecule has 7 nitrogen and oxygen atoms in total. The Morgan fingerprint density at radius 2 is 1.72 bits per heavy atom. The van der Waals surface area contributed by atoms with Crippen molar-refractivity contribution in [3.8, 4) is 11.5 Å². The third-order valence-electron chi connectivity index (χ3n) is 4.69. The molecule has 1 aliphatic heterocycles. The number of aliphatic hydroxyl groups is 1. The standard InChI is InChI=1S/C21H29N3O4S/c1-29(2,27)22-17-3-9-21(10-4-17)28-16-20(26)15-23-11-13-24(14-12-23)18-5-7-19(25)8-6-18/h3-10,20,25-26H,1,11-16H2,2H3,(H,22,27)/t20-,29?/m0/s1. The highest BCUT2D eigenvalue weighted by Gasteiger charge is 2.19. The van der Waals surface area contributed by atoms with Crippen molar-refractivity contribution in [2.75, 3.05) is 55.2 Å². The molecule has 2 aromatic rings. The van der Waals surface area contributed by atoms with E-state index in [-0.39, 0.29) is 12.4 Å². The molecule has 2 atom stereocenters. The molecule has 0 bridgehead atoms. The maximum absolute atomic E-state index is 11.7. The Kier molecular flexibility index (Phi) is 6.89. The molecule has 0 spiro atoms. The van der Waals surface area contributed by atoms with Crippen LogP contribution >= 0.6 is 0 Å². The van der Waals surface area contributed by atoms with Crippen LogP contribution < -0.4 is 14.4 Å². The van der Waals surface area contributed by atoms with E-state index in [2.05, 4.69) is 20.4 Å². The number of anilines is 2. The van der Waals surface area contributed by atoms with E-state index in [1.807, 2.05) is 12.1 Å². The Hall–Kier alpha value is -2.42. The van der Waals surface area contributed by atoms with Gasteiger partial charge in [-0.1, -0.05) is 0 Å².